The van der Waals surface area contributed by atoms with Crippen LogP contribution in [0.3, 0.4) is 0 Å². The molecular formula is C27H27F2N9O. The van der Waals surface area contributed by atoms with Gasteiger partial charge in [-0.2, -0.15) is 23.5 Å². The first kappa shape index (κ1) is 25.0. The second kappa shape index (κ2) is 10.1. The van der Waals surface area contributed by atoms with Crippen molar-refractivity contribution in [1.29, 1.82) is 0 Å². The average Bonchev–Trinajstić information content (AvgIpc) is 3.59. The highest BCUT2D eigenvalue weighted by molar-refractivity contribution is 5.59. The fraction of sp³-hybridized carbons (Fsp3) is 0.333. The number of rotatable bonds is 7. The van der Waals surface area contributed by atoms with Gasteiger partial charge in [-0.3, -0.25) is 4.68 Å². The lowest BCUT2D eigenvalue weighted by Crippen LogP contribution is -2.32. The zero-order chi connectivity index (χ0) is 27.0. The van der Waals surface area contributed by atoms with Crippen molar-refractivity contribution >= 4 is 5.65 Å². The van der Waals surface area contributed by atoms with E-state index in [4.69, 9.17) is 4.74 Å². The Morgan fingerprint density at radius 3 is 2.51 bits per heavy atom. The van der Waals surface area contributed by atoms with Crippen LogP contribution in [0.4, 0.5) is 8.78 Å². The maximum absolute atomic E-state index is 15.8. The molecule has 1 fully saturated rings. The van der Waals surface area contributed by atoms with E-state index in [1.807, 2.05) is 0 Å². The maximum atomic E-state index is 15.8. The molecule has 0 N–H and O–H groups in total. The first-order valence-electron chi connectivity index (χ1n) is 12.7. The van der Waals surface area contributed by atoms with Crippen LogP contribution >= 0.6 is 0 Å². The number of halogens is 2. The minimum atomic E-state index is -3.48. The number of nitrogens with zero attached hydrogens (tertiary/aromatic N) is 9. The van der Waals surface area contributed by atoms with Gasteiger partial charge >= 0.3 is 5.92 Å². The molecule has 0 aliphatic carbocycles. The summed E-state index contributed by atoms with van der Waals surface area (Å²) in [7, 11) is 3.90. The lowest BCUT2D eigenvalue weighted by molar-refractivity contribution is 0.0307. The van der Waals surface area contributed by atoms with Crippen molar-refractivity contribution in [1.82, 2.24) is 44.5 Å². The molecule has 0 atom stereocenters. The summed E-state index contributed by atoms with van der Waals surface area (Å²) in [5.74, 6) is -2.68. The highest BCUT2D eigenvalue weighted by Crippen LogP contribution is 2.36. The molecule has 10 nitrogen and oxygen atoms in total. The van der Waals surface area contributed by atoms with E-state index in [-0.39, 0.29) is 11.2 Å². The SMILES string of the molecule is CN1CCC(COc2cnc(-c3cccc(C(F)(F)c4nnc5ccc(-c6cnn(C)c6)nn45)c3)nc2)CC1. The van der Waals surface area contributed by atoms with Gasteiger partial charge in [0.05, 0.1) is 30.9 Å². The van der Waals surface area contributed by atoms with Crippen molar-refractivity contribution in [2.75, 3.05) is 26.7 Å². The monoisotopic (exact) mass is 531 g/mol. The Hall–Kier alpha value is -4.32. The molecule has 0 bridgehead atoms. The molecular weight excluding hydrogens is 504 g/mol. The van der Waals surface area contributed by atoms with Gasteiger partial charge in [-0.15, -0.1) is 10.2 Å². The molecule has 1 saturated heterocycles. The zero-order valence-electron chi connectivity index (χ0n) is 21.6. The van der Waals surface area contributed by atoms with Crippen molar-refractivity contribution in [3.8, 4) is 28.4 Å². The molecule has 12 heteroatoms. The van der Waals surface area contributed by atoms with E-state index in [2.05, 4.69) is 42.3 Å². The third kappa shape index (κ3) is 5.07. The van der Waals surface area contributed by atoms with Crippen LogP contribution in [0, 0.1) is 5.92 Å². The molecule has 1 aliphatic rings. The van der Waals surface area contributed by atoms with Crippen LogP contribution < -0.4 is 4.74 Å². The van der Waals surface area contributed by atoms with E-state index in [0.29, 0.717) is 40.9 Å². The number of ether oxygens (including phenoxy) is 1. The van der Waals surface area contributed by atoms with Crippen LogP contribution in [0.5, 0.6) is 5.75 Å². The Labute approximate surface area is 223 Å². The van der Waals surface area contributed by atoms with Crippen LogP contribution in [0.2, 0.25) is 0 Å². The molecule has 1 aromatic carbocycles. The van der Waals surface area contributed by atoms with Crippen molar-refractivity contribution < 1.29 is 13.5 Å². The number of fused-ring (bicyclic) bond motifs is 1. The lowest BCUT2D eigenvalue weighted by atomic mass is 9.98. The summed E-state index contributed by atoms with van der Waals surface area (Å²) >= 11 is 0. The van der Waals surface area contributed by atoms with Crippen molar-refractivity contribution in [3.63, 3.8) is 0 Å². The van der Waals surface area contributed by atoms with Gasteiger partial charge in [0.15, 0.2) is 17.2 Å². The van der Waals surface area contributed by atoms with E-state index in [0.717, 1.165) is 30.4 Å². The Balaban J connectivity index is 1.23. The fourth-order valence-corrected chi connectivity index (χ4v) is 4.66. The summed E-state index contributed by atoms with van der Waals surface area (Å²) in [5, 5.41) is 16.2. The summed E-state index contributed by atoms with van der Waals surface area (Å²) in [5.41, 5.74) is 1.57. The minimum Gasteiger partial charge on any atom is -0.490 e. The standard InChI is InChI=1S/C27H27F2N9O/c1-36-10-8-18(9-11-36)17-39-22-14-30-25(31-15-22)19-4-3-5-21(12-19)27(28,29)26-34-33-24-7-6-23(35-38(24)26)20-13-32-37(2)16-20/h3-7,12-16,18H,8-11,17H2,1-2H3. The topological polar surface area (TPSA) is 99.2 Å². The van der Waals surface area contributed by atoms with Gasteiger partial charge in [-0.25, -0.2) is 9.97 Å². The Bertz CT molecular complexity index is 1590. The third-order valence-corrected chi connectivity index (χ3v) is 6.98. The molecule has 5 heterocycles. The van der Waals surface area contributed by atoms with E-state index in [9.17, 15) is 0 Å². The highest BCUT2D eigenvalue weighted by Gasteiger charge is 2.40. The molecule has 6 rings (SSSR count). The second-order valence-electron chi connectivity index (χ2n) is 9.87. The van der Waals surface area contributed by atoms with Crippen molar-refractivity contribution in [3.05, 3.63) is 72.6 Å². The zero-order valence-corrected chi connectivity index (χ0v) is 21.6. The van der Waals surface area contributed by atoms with Gasteiger partial charge < -0.3 is 9.64 Å². The van der Waals surface area contributed by atoms with Crippen molar-refractivity contribution in [2.45, 2.75) is 18.8 Å². The molecule has 1 aliphatic heterocycles. The summed E-state index contributed by atoms with van der Waals surface area (Å²) in [4.78, 5) is 11.0. The lowest BCUT2D eigenvalue weighted by Gasteiger charge is -2.28. The van der Waals surface area contributed by atoms with Gasteiger partial charge in [0.25, 0.3) is 0 Å². The summed E-state index contributed by atoms with van der Waals surface area (Å²) in [6.45, 7) is 2.74. The Kier molecular flexibility index (Phi) is 6.47. The maximum Gasteiger partial charge on any atom is 0.333 e. The largest absolute Gasteiger partial charge is 0.490 e. The molecule has 0 amide bonds. The summed E-state index contributed by atoms with van der Waals surface area (Å²) < 4.78 is 40.2. The second-order valence-corrected chi connectivity index (χ2v) is 9.87. The number of hydrogen-bond donors (Lipinski definition) is 0. The predicted octanol–water partition coefficient (Wildman–Crippen LogP) is 3.84. The van der Waals surface area contributed by atoms with E-state index < -0.39 is 11.7 Å². The average molecular weight is 532 g/mol. The van der Waals surface area contributed by atoms with Crippen LogP contribution in [-0.4, -0.2) is 71.2 Å². The van der Waals surface area contributed by atoms with E-state index >= 15 is 8.78 Å². The molecule has 4 aromatic heterocycles. The summed E-state index contributed by atoms with van der Waals surface area (Å²) in [6.07, 6.45) is 8.72. The van der Waals surface area contributed by atoms with Crippen LogP contribution in [-0.2, 0) is 13.0 Å². The van der Waals surface area contributed by atoms with E-state index in [1.165, 1.54) is 12.1 Å². The Morgan fingerprint density at radius 2 is 1.77 bits per heavy atom. The van der Waals surface area contributed by atoms with Gasteiger partial charge in [0.2, 0.25) is 5.82 Å². The molecule has 0 unspecified atom stereocenters. The number of alkyl halides is 2. The number of likely N-dealkylation sites (tertiary alicyclic amines) is 1. The number of benzene rings is 1. The number of hydrogen-bond acceptors (Lipinski definition) is 8. The first-order valence-corrected chi connectivity index (χ1v) is 12.7. The third-order valence-electron chi connectivity index (χ3n) is 6.98. The van der Waals surface area contributed by atoms with Crippen LogP contribution in [0.25, 0.3) is 28.3 Å². The van der Waals surface area contributed by atoms with Crippen molar-refractivity contribution in [2.24, 2.45) is 13.0 Å². The molecule has 0 spiro atoms. The quantitative estimate of drug-likeness (QED) is 0.312. The molecule has 5 aromatic rings. The molecule has 200 valence electrons. The van der Waals surface area contributed by atoms with Crippen LogP contribution in [0.15, 0.2) is 61.2 Å². The number of piperidine rings is 1. The number of aryl methyl sites for hydroxylation is 1. The predicted molar refractivity (Wildman–Crippen MR) is 139 cm³/mol. The Morgan fingerprint density at radius 1 is 0.974 bits per heavy atom. The molecule has 0 radical (unpaired) electrons. The first-order chi connectivity index (χ1) is 18.9. The smallest absolute Gasteiger partial charge is 0.333 e. The van der Waals surface area contributed by atoms with Gasteiger partial charge in [-0.05, 0) is 57.1 Å². The van der Waals surface area contributed by atoms with Crippen LogP contribution in [0.1, 0.15) is 24.2 Å². The molecule has 0 saturated carbocycles. The minimum absolute atomic E-state index is 0.215. The fourth-order valence-electron chi connectivity index (χ4n) is 4.66. The summed E-state index contributed by atoms with van der Waals surface area (Å²) in [6, 6.07) is 9.23. The van der Waals surface area contributed by atoms with Gasteiger partial charge in [0, 0.05) is 29.9 Å². The van der Waals surface area contributed by atoms with E-state index in [1.54, 1.807) is 60.8 Å². The molecule has 39 heavy (non-hydrogen) atoms. The normalized spacial score (nSPS) is 15.2. The highest BCUT2D eigenvalue weighted by atomic mass is 19.3. The number of aromatic nitrogens is 8. The van der Waals surface area contributed by atoms with Gasteiger partial charge in [-0.1, -0.05) is 18.2 Å². The van der Waals surface area contributed by atoms with Gasteiger partial charge in [0.1, 0.15) is 0 Å².